The van der Waals surface area contributed by atoms with Gasteiger partial charge in [-0.15, -0.1) is 0 Å². The van der Waals surface area contributed by atoms with Crippen LogP contribution < -0.4 is 5.32 Å². The zero-order valence-electron chi connectivity index (χ0n) is 17.0. The molecule has 1 atom stereocenters. The summed E-state index contributed by atoms with van der Waals surface area (Å²) in [5, 5.41) is 3.38. The molecule has 1 fully saturated rings. The molecule has 1 aliphatic rings. The molecule has 1 aliphatic heterocycles. The number of imide groups is 1. The van der Waals surface area contributed by atoms with E-state index in [1.807, 2.05) is 24.3 Å². The van der Waals surface area contributed by atoms with E-state index in [1.54, 1.807) is 27.7 Å². The number of carbonyl (C=O) groups is 4. The van der Waals surface area contributed by atoms with Gasteiger partial charge in [0.1, 0.15) is 5.54 Å². The van der Waals surface area contributed by atoms with E-state index in [1.165, 1.54) is 0 Å². The SMILES string of the molecule is Cc1[nH]c2ccccc2c1C(=O)[C@@H](C)OC(=O)CCCN1C(=O)NC(C)(C)C1=O. The Bertz CT molecular complexity index is 991. The molecule has 0 bridgehead atoms. The van der Waals surface area contributed by atoms with Crippen LogP contribution >= 0.6 is 0 Å². The van der Waals surface area contributed by atoms with Gasteiger partial charge in [0.05, 0.1) is 0 Å². The molecular formula is C21H25N3O5. The maximum absolute atomic E-state index is 12.8. The van der Waals surface area contributed by atoms with Crippen LogP contribution in [0.25, 0.3) is 10.9 Å². The van der Waals surface area contributed by atoms with E-state index in [9.17, 15) is 19.2 Å². The minimum Gasteiger partial charge on any atom is -0.454 e. The van der Waals surface area contributed by atoms with Gasteiger partial charge in [-0.3, -0.25) is 19.3 Å². The molecule has 8 heteroatoms. The van der Waals surface area contributed by atoms with Crippen molar-refractivity contribution >= 4 is 34.6 Å². The van der Waals surface area contributed by atoms with Gasteiger partial charge in [-0.1, -0.05) is 18.2 Å². The summed E-state index contributed by atoms with van der Waals surface area (Å²) in [6.07, 6.45) is -0.667. The number of ether oxygens (including phenoxy) is 1. The van der Waals surface area contributed by atoms with Crippen LogP contribution in [0.4, 0.5) is 4.79 Å². The Balaban J connectivity index is 1.55. The molecule has 3 amide bonds. The molecular weight excluding hydrogens is 374 g/mol. The van der Waals surface area contributed by atoms with Crippen LogP contribution in [0.15, 0.2) is 24.3 Å². The standard InChI is InChI=1S/C21H25N3O5/c1-12-17(14-8-5-6-9-15(14)22-12)18(26)13(2)29-16(25)10-7-11-24-19(27)21(3,4)23-20(24)28/h5-6,8-9,13,22H,7,10-11H2,1-4H3,(H,23,28)/t13-/m1/s1. The first-order valence-corrected chi connectivity index (χ1v) is 9.57. The molecule has 2 heterocycles. The van der Waals surface area contributed by atoms with E-state index >= 15 is 0 Å². The Hall–Kier alpha value is -3.16. The van der Waals surface area contributed by atoms with Gasteiger partial charge >= 0.3 is 12.0 Å². The van der Waals surface area contributed by atoms with Crippen molar-refractivity contribution in [3.05, 3.63) is 35.5 Å². The molecule has 0 radical (unpaired) electrons. The fourth-order valence-corrected chi connectivity index (χ4v) is 3.51. The van der Waals surface area contributed by atoms with Crippen LogP contribution in [-0.4, -0.2) is 51.8 Å². The molecule has 1 saturated heterocycles. The lowest BCUT2D eigenvalue weighted by Gasteiger charge is -2.16. The van der Waals surface area contributed by atoms with E-state index in [-0.39, 0.29) is 31.1 Å². The number of benzene rings is 1. The van der Waals surface area contributed by atoms with Crippen molar-refractivity contribution in [2.75, 3.05) is 6.54 Å². The third-order valence-electron chi connectivity index (χ3n) is 5.02. The van der Waals surface area contributed by atoms with Gasteiger partial charge in [0.25, 0.3) is 5.91 Å². The number of fused-ring (bicyclic) bond motifs is 1. The highest BCUT2D eigenvalue weighted by atomic mass is 16.5. The van der Waals surface area contributed by atoms with Crippen LogP contribution in [0.1, 0.15) is 49.7 Å². The number of urea groups is 1. The first-order valence-electron chi connectivity index (χ1n) is 9.57. The molecule has 2 aromatic rings. The fraction of sp³-hybridized carbons (Fsp3) is 0.429. The minimum atomic E-state index is -0.935. The number of esters is 1. The summed E-state index contributed by atoms with van der Waals surface area (Å²) in [6, 6.07) is 6.99. The number of amides is 3. The van der Waals surface area contributed by atoms with Gasteiger partial charge in [-0.25, -0.2) is 4.79 Å². The van der Waals surface area contributed by atoms with Crippen molar-refractivity contribution in [2.45, 2.75) is 52.2 Å². The summed E-state index contributed by atoms with van der Waals surface area (Å²) in [7, 11) is 0. The van der Waals surface area contributed by atoms with Gasteiger partial charge in [-0.05, 0) is 40.2 Å². The van der Waals surface area contributed by atoms with E-state index in [2.05, 4.69) is 10.3 Å². The van der Waals surface area contributed by atoms with E-state index in [4.69, 9.17) is 4.74 Å². The lowest BCUT2D eigenvalue weighted by atomic mass is 10.0. The van der Waals surface area contributed by atoms with Gasteiger partial charge in [0.15, 0.2) is 6.10 Å². The summed E-state index contributed by atoms with van der Waals surface area (Å²) < 4.78 is 5.29. The van der Waals surface area contributed by atoms with Crippen LogP contribution in [0.2, 0.25) is 0 Å². The molecule has 1 aromatic carbocycles. The van der Waals surface area contributed by atoms with E-state index < -0.39 is 23.6 Å². The normalized spacial score (nSPS) is 16.8. The molecule has 29 heavy (non-hydrogen) atoms. The molecule has 0 saturated carbocycles. The summed E-state index contributed by atoms with van der Waals surface area (Å²) >= 11 is 0. The molecule has 2 N–H and O–H groups in total. The lowest BCUT2D eigenvalue weighted by Crippen LogP contribution is -2.40. The smallest absolute Gasteiger partial charge is 0.325 e. The zero-order valence-corrected chi connectivity index (χ0v) is 17.0. The second-order valence-corrected chi connectivity index (χ2v) is 7.78. The zero-order chi connectivity index (χ0) is 21.3. The molecule has 0 spiro atoms. The van der Waals surface area contributed by atoms with Crippen LogP contribution in [-0.2, 0) is 14.3 Å². The third-order valence-corrected chi connectivity index (χ3v) is 5.02. The Morgan fingerprint density at radius 3 is 2.55 bits per heavy atom. The summed E-state index contributed by atoms with van der Waals surface area (Å²) in [5.41, 5.74) is 1.15. The number of aromatic nitrogens is 1. The third kappa shape index (κ3) is 4.01. The number of hydrogen-bond acceptors (Lipinski definition) is 5. The molecule has 1 aromatic heterocycles. The Kier molecular flexibility index (Phi) is 5.46. The number of H-pyrrole nitrogens is 1. The van der Waals surface area contributed by atoms with Crippen LogP contribution in [0.3, 0.4) is 0 Å². The predicted octanol–water partition coefficient (Wildman–Crippen LogP) is 2.70. The molecule has 8 nitrogen and oxygen atoms in total. The average molecular weight is 399 g/mol. The number of rotatable bonds is 7. The number of aromatic amines is 1. The summed E-state index contributed by atoms with van der Waals surface area (Å²) in [6.45, 7) is 6.72. The first-order chi connectivity index (χ1) is 13.6. The quantitative estimate of drug-likeness (QED) is 0.423. The van der Waals surface area contributed by atoms with Crippen molar-refractivity contribution in [1.82, 2.24) is 15.2 Å². The number of aryl methyl sites for hydroxylation is 1. The largest absolute Gasteiger partial charge is 0.454 e. The van der Waals surface area contributed by atoms with Gasteiger partial charge < -0.3 is 15.0 Å². The number of ketones is 1. The first kappa shape index (κ1) is 20.6. The number of para-hydroxylation sites is 1. The Morgan fingerprint density at radius 1 is 1.21 bits per heavy atom. The average Bonchev–Trinajstić information content (AvgIpc) is 3.08. The molecule has 0 aliphatic carbocycles. The second kappa shape index (κ2) is 7.69. The summed E-state index contributed by atoms with van der Waals surface area (Å²) in [4.78, 5) is 53.2. The monoisotopic (exact) mass is 399 g/mol. The highest BCUT2D eigenvalue weighted by Crippen LogP contribution is 2.24. The van der Waals surface area contributed by atoms with E-state index in [0.29, 0.717) is 5.56 Å². The highest BCUT2D eigenvalue weighted by molar-refractivity contribution is 6.11. The number of nitrogens with zero attached hydrogens (tertiary/aromatic N) is 1. The second-order valence-electron chi connectivity index (χ2n) is 7.78. The number of hydrogen-bond donors (Lipinski definition) is 2. The number of nitrogens with one attached hydrogen (secondary N) is 2. The lowest BCUT2D eigenvalue weighted by molar-refractivity contribution is -0.146. The van der Waals surface area contributed by atoms with Crippen molar-refractivity contribution in [3.63, 3.8) is 0 Å². The van der Waals surface area contributed by atoms with Crippen molar-refractivity contribution in [1.29, 1.82) is 0 Å². The molecule has 3 rings (SSSR count). The molecule has 0 unspecified atom stereocenters. The van der Waals surface area contributed by atoms with Crippen LogP contribution in [0, 0.1) is 6.92 Å². The van der Waals surface area contributed by atoms with Crippen LogP contribution in [0.5, 0.6) is 0 Å². The van der Waals surface area contributed by atoms with Crippen molar-refractivity contribution in [3.8, 4) is 0 Å². The Labute approximate surface area is 168 Å². The summed E-state index contributed by atoms with van der Waals surface area (Å²) in [5.74, 6) is -1.15. The van der Waals surface area contributed by atoms with E-state index in [0.717, 1.165) is 21.5 Å². The minimum absolute atomic E-state index is 0.00196. The van der Waals surface area contributed by atoms with Crippen molar-refractivity contribution < 1.29 is 23.9 Å². The maximum Gasteiger partial charge on any atom is 0.325 e. The van der Waals surface area contributed by atoms with Crippen molar-refractivity contribution in [2.24, 2.45) is 0 Å². The fourth-order valence-electron chi connectivity index (χ4n) is 3.51. The van der Waals surface area contributed by atoms with Gasteiger partial charge in [-0.2, -0.15) is 0 Å². The Morgan fingerprint density at radius 2 is 1.90 bits per heavy atom. The van der Waals surface area contributed by atoms with Gasteiger partial charge in [0.2, 0.25) is 5.78 Å². The topological polar surface area (TPSA) is 109 Å². The predicted molar refractivity (Wildman–Crippen MR) is 106 cm³/mol. The molecule has 154 valence electrons. The highest BCUT2D eigenvalue weighted by Gasteiger charge is 2.43. The maximum atomic E-state index is 12.8. The number of Topliss-reactive ketones (excluding diaryl/α,β-unsaturated/α-hetero) is 1. The van der Waals surface area contributed by atoms with Gasteiger partial charge in [0, 0.05) is 35.1 Å². The number of carbonyl (C=O) groups excluding carboxylic acids is 4.